The van der Waals surface area contributed by atoms with Crippen LogP contribution in [0, 0.1) is 0 Å². The molecule has 3 nitrogen and oxygen atoms in total. The topological polar surface area (TPSA) is 54.4 Å². The predicted octanol–water partition coefficient (Wildman–Crippen LogP) is 2.19. The predicted molar refractivity (Wildman–Crippen MR) is 52.7 cm³/mol. The van der Waals surface area contributed by atoms with Crippen LogP contribution in [0.15, 0.2) is 18.2 Å². The maximum atomic E-state index is 11.3. The fourth-order valence-electron chi connectivity index (χ4n) is 1.17. The molecule has 0 spiro atoms. The quantitative estimate of drug-likeness (QED) is 0.747. The van der Waals surface area contributed by atoms with Gasteiger partial charge in [-0.3, -0.25) is 9.59 Å². The van der Waals surface area contributed by atoms with E-state index in [1.165, 1.54) is 25.1 Å². The van der Waals surface area contributed by atoms with Gasteiger partial charge in [0.05, 0.1) is 5.56 Å². The summed E-state index contributed by atoms with van der Waals surface area (Å²) in [4.78, 5) is 22.4. The summed E-state index contributed by atoms with van der Waals surface area (Å²) < 4.78 is 0. The third kappa shape index (κ3) is 1.99. The molecule has 3 heteroatoms. The molecule has 0 atom stereocenters. The molecule has 1 rings (SSSR count). The van der Waals surface area contributed by atoms with Crippen LogP contribution in [0.3, 0.4) is 0 Å². The van der Waals surface area contributed by atoms with E-state index in [9.17, 15) is 14.7 Å². The lowest BCUT2D eigenvalue weighted by molar-refractivity contribution is 0.0985. The molecule has 0 radical (unpaired) electrons. The number of phenols is 1. The SMILES string of the molecule is CCC(=O)c1cc(C(C)=O)ccc1O. The molecule has 14 heavy (non-hydrogen) atoms. The molecular formula is C11H12O3. The monoisotopic (exact) mass is 192 g/mol. The summed E-state index contributed by atoms with van der Waals surface area (Å²) in [6.45, 7) is 3.13. The summed E-state index contributed by atoms with van der Waals surface area (Å²) in [6, 6.07) is 4.31. The minimum Gasteiger partial charge on any atom is -0.507 e. The Morgan fingerprint density at radius 3 is 2.50 bits per heavy atom. The summed E-state index contributed by atoms with van der Waals surface area (Å²) in [5.74, 6) is -0.345. The van der Waals surface area contributed by atoms with Gasteiger partial charge in [0.2, 0.25) is 0 Å². The van der Waals surface area contributed by atoms with Gasteiger partial charge >= 0.3 is 0 Å². The third-order valence-electron chi connectivity index (χ3n) is 2.02. The number of aromatic hydroxyl groups is 1. The first kappa shape index (κ1) is 10.4. The maximum absolute atomic E-state index is 11.3. The van der Waals surface area contributed by atoms with Crippen LogP contribution in [0.25, 0.3) is 0 Å². The van der Waals surface area contributed by atoms with Gasteiger partial charge in [0.25, 0.3) is 0 Å². The van der Waals surface area contributed by atoms with Crippen LogP contribution < -0.4 is 0 Å². The van der Waals surface area contributed by atoms with Gasteiger partial charge in [-0.05, 0) is 25.1 Å². The molecular weight excluding hydrogens is 180 g/mol. The average molecular weight is 192 g/mol. The van der Waals surface area contributed by atoms with E-state index in [1.54, 1.807) is 6.92 Å². The Morgan fingerprint density at radius 1 is 1.36 bits per heavy atom. The van der Waals surface area contributed by atoms with Crippen LogP contribution >= 0.6 is 0 Å². The Bertz CT molecular complexity index is 380. The van der Waals surface area contributed by atoms with Crippen molar-refractivity contribution in [3.63, 3.8) is 0 Å². The lowest BCUT2D eigenvalue weighted by Gasteiger charge is -2.03. The number of carbonyl (C=O) groups excluding carboxylic acids is 2. The van der Waals surface area contributed by atoms with Gasteiger partial charge in [0.1, 0.15) is 5.75 Å². The molecule has 74 valence electrons. The molecule has 1 aromatic rings. The smallest absolute Gasteiger partial charge is 0.166 e. The van der Waals surface area contributed by atoms with E-state index in [0.29, 0.717) is 12.0 Å². The minimum atomic E-state index is -0.161. The van der Waals surface area contributed by atoms with Crippen LogP contribution in [-0.4, -0.2) is 16.7 Å². The zero-order valence-electron chi connectivity index (χ0n) is 8.20. The second kappa shape index (κ2) is 4.05. The Morgan fingerprint density at radius 2 is 2.00 bits per heavy atom. The molecule has 0 saturated carbocycles. The first-order valence-electron chi connectivity index (χ1n) is 4.43. The van der Waals surface area contributed by atoms with Crippen molar-refractivity contribution in [3.05, 3.63) is 29.3 Å². The Labute approximate surface area is 82.4 Å². The molecule has 1 aromatic carbocycles. The van der Waals surface area contributed by atoms with Gasteiger partial charge in [-0.25, -0.2) is 0 Å². The largest absolute Gasteiger partial charge is 0.507 e. The van der Waals surface area contributed by atoms with Gasteiger partial charge in [-0.15, -0.1) is 0 Å². The highest BCUT2D eigenvalue weighted by molar-refractivity contribution is 6.02. The summed E-state index contributed by atoms with van der Waals surface area (Å²) in [7, 11) is 0. The zero-order valence-corrected chi connectivity index (χ0v) is 8.20. The van der Waals surface area contributed by atoms with E-state index in [4.69, 9.17) is 0 Å². The number of rotatable bonds is 3. The summed E-state index contributed by atoms with van der Waals surface area (Å²) in [5, 5.41) is 9.39. The number of hydrogen-bond acceptors (Lipinski definition) is 3. The van der Waals surface area contributed by atoms with Gasteiger partial charge in [-0.2, -0.15) is 0 Å². The van der Waals surface area contributed by atoms with Crippen molar-refractivity contribution in [1.29, 1.82) is 0 Å². The van der Waals surface area contributed by atoms with Crippen molar-refractivity contribution >= 4 is 11.6 Å². The van der Waals surface area contributed by atoms with E-state index < -0.39 is 0 Å². The van der Waals surface area contributed by atoms with Crippen LogP contribution in [0.2, 0.25) is 0 Å². The molecule has 0 amide bonds. The first-order valence-corrected chi connectivity index (χ1v) is 4.43. The Balaban J connectivity index is 3.21. The average Bonchev–Trinajstić information content (AvgIpc) is 2.17. The highest BCUT2D eigenvalue weighted by Gasteiger charge is 2.11. The van der Waals surface area contributed by atoms with Gasteiger partial charge < -0.3 is 5.11 Å². The van der Waals surface area contributed by atoms with Crippen molar-refractivity contribution < 1.29 is 14.7 Å². The zero-order chi connectivity index (χ0) is 10.7. The fraction of sp³-hybridized carbons (Fsp3) is 0.273. The molecule has 1 N–H and O–H groups in total. The normalized spacial score (nSPS) is 9.86. The van der Waals surface area contributed by atoms with Gasteiger partial charge in [0, 0.05) is 12.0 Å². The highest BCUT2D eigenvalue weighted by atomic mass is 16.3. The molecule has 0 aliphatic rings. The highest BCUT2D eigenvalue weighted by Crippen LogP contribution is 2.20. The van der Waals surface area contributed by atoms with Crippen molar-refractivity contribution in [2.24, 2.45) is 0 Å². The number of ketones is 2. The van der Waals surface area contributed by atoms with Gasteiger partial charge in [0.15, 0.2) is 11.6 Å². The Kier molecular flexibility index (Phi) is 3.02. The number of phenolic OH excluding ortho intramolecular Hbond substituents is 1. The summed E-state index contributed by atoms with van der Waals surface area (Å²) in [6.07, 6.45) is 0.314. The van der Waals surface area contributed by atoms with E-state index in [0.717, 1.165) is 0 Å². The van der Waals surface area contributed by atoms with E-state index in [1.807, 2.05) is 0 Å². The standard InChI is InChI=1S/C11H12O3/c1-3-10(13)9-6-8(7(2)12)4-5-11(9)14/h4-6,14H,3H2,1-2H3. The second-order valence-corrected chi connectivity index (χ2v) is 3.06. The van der Waals surface area contributed by atoms with E-state index in [2.05, 4.69) is 0 Å². The molecule has 0 aromatic heterocycles. The van der Waals surface area contributed by atoms with Crippen molar-refractivity contribution in [2.45, 2.75) is 20.3 Å². The third-order valence-corrected chi connectivity index (χ3v) is 2.02. The lowest BCUT2D eigenvalue weighted by Crippen LogP contribution is -2.00. The number of benzene rings is 1. The van der Waals surface area contributed by atoms with Crippen molar-refractivity contribution in [1.82, 2.24) is 0 Å². The van der Waals surface area contributed by atoms with Crippen LogP contribution in [0.4, 0.5) is 0 Å². The molecule has 0 unspecified atom stereocenters. The van der Waals surface area contributed by atoms with Crippen molar-refractivity contribution in [3.8, 4) is 5.75 Å². The van der Waals surface area contributed by atoms with E-state index in [-0.39, 0.29) is 22.9 Å². The number of carbonyl (C=O) groups is 2. The van der Waals surface area contributed by atoms with Gasteiger partial charge in [-0.1, -0.05) is 6.92 Å². The summed E-state index contributed by atoms with van der Waals surface area (Å²) in [5.41, 5.74) is 0.666. The van der Waals surface area contributed by atoms with Crippen LogP contribution in [0.1, 0.15) is 41.0 Å². The first-order chi connectivity index (χ1) is 6.56. The Hall–Kier alpha value is -1.64. The summed E-state index contributed by atoms with van der Waals surface area (Å²) >= 11 is 0. The molecule has 0 saturated heterocycles. The second-order valence-electron chi connectivity index (χ2n) is 3.06. The molecule has 0 aliphatic heterocycles. The van der Waals surface area contributed by atoms with Crippen LogP contribution in [0.5, 0.6) is 5.75 Å². The molecule has 0 bridgehead atoms. The minimum absolute atomic E-state index is 0.0677. The van der Waals surface area contributed by atoms with Crippen molar-refractivity contribution in [2.75, 3.05) is 0 Å². The number of Topliss-reactive ketones (excluding diaryl/α,β-unsaturated/α-hetero) is 2. The number of hydrogen-bond donors (Lipinski definition) is 1. The molecule has 0 aliphatic carbocycles. The van der Waals surface area contributed by atoms with Crippen LogP contribution in [-0.2, 0) is 0 Å². The maximum Gasteiger partial charge on any atom is 0.166 e. The lowest BCUT2D eigenvalue weighted by atomic mass is 10.0. The fourth-order valence-corrected chi connectivity index (χ4v) is 1.17. The van der Waals surface area contributed by atoms with E-state index >= 15 is 0 Å². The molecule has 0 heterocycles. The molecule has 0 fully saturated rings.